The van der Waals surface area contributed by atoms with Crippen molar-refractivity contribution in [3.8, 4) is 0 Å². The van der Waals surface area contributed by atoms with Crippen LogP contribution in [0, 0.1) is 10.8 Å². The molecule has 2 nitrogen and oxygen atoms in total. The van der Waals surface area contributed by atoms with Crippen LogP contribution in [0.4, 0.5) is 0 Å². The van der Waals surface area contributed by atoms with Gasteiger partial charge >= 0.3 is 0 Å². The maximum Gasteiger partial charge on any atom is 0.0467 e. The van der Waals surface area contributed by atoms with E-state index in [0.717, 1.165) is 19.6 Å². The van der Waals surface area contributed by atoms with Crippen LogP contribution in [0.1, 0.15) is 40.5 Å². The summed E-state index contributed by atoms with van der Waals surface area (Å²) in [6.45, 7) is 11.4. The number of nitrogens with one attached hydrogen (secondary N) is 1. The molecule has 1 aliphatic rings. The molecule has 1 rings (SSSR count). The lowest BCUT2D eigenvalue weighted by molar-refractivity contribution is 0.142. The lowest BCUT2D eigenvalue weighted by atomic mass is 9.81. The molecule has 3 heteroatoms. The summed E-state index contributed by atoms with van der Waals surface area (Å²) >= 11 is 2.09. The molecule has 0 saturated carbocycles. The van der Waals surface area contributed by atoms with Gasteiger partial charge in [-0.05, 0) is 29.4 Å². The summed E-state index contributed by atoms with van der Waals surface area (Å²) in [4.78, 5) is 0. The molecule has 1 saturated heterocycles. The highest BCUT2D eigenvalue weighted by Gasteiger charge is 2.33. The second-order valence-corrected chi connectivity index (χ2v) is 7.80. The summed E-state index contributed by atoms with van der Waals surface area (Å²) in [6.07, 6.45) is 2.45. The average Bonchev–Trinajstić information content (AvgIpc) is 2.24. The van der Waals surface area contributed by atoms with Crippen molar-refractivity contribution >= 4 is 11.8 Å². The van der Waals surface area contributed by atoms with E-state index in [0.29, 0.717) is 16.9 Å². The second-order valence-electron chi connectivity index (χ2n) is 6.65. The molecule has 17 heavy (non-hydrogen) atoms. The zero-order chi connectivity index (χ0) is 12.9. The predicted octanol–water partition coefficient (Wildman–Crippen LogP) is 3.17. The number of thioether (sulfide) groups is 1. The van der Waals surface area contributed by atoms with Gasteiger partial charge in [0.1, 0.15) is 0 Å². The Morgan fingerprint density at radius 3 is 2.71 bits per heavy atom. The first-order valence-corrected chi connectivity index (χ1v) is 7.83. The fourth-order valence-electron chi connectivity index (χ4n) is 2.14. The lowest BCUT2D eigenvalue weighted by Gasteiger charge is -2.40. The Hall–Kier alpha value is 0.270. The lowest BCUT2D eigenvalue weighted by Crippen LogP contribution is -2.49. The van der Waals surface area contributed by atoms with Gasteiger partial charge in [0.05, 0.1) is 0 Å². The van der Waals surface area contributed by atoms with E-state index >= 15 is 0 Å². The van der Waals surface area contributed by atoms with Gasteiger partial charge in [0.25, 0.3) is 0 Å². The molecule has 1 aliphatic heterocycles. The summed E-state index contributed by atoms with van der Waals surface area (Å²) in [7, 11) is 1.78. The Kier molecular flexibility index (Phi) is 5.81. The molecule has 1 heterocycles. The molecule has 1 atom stereocenters. The summed E-state index contributed by atoms with van der Waals surface area (Å²) in [5.41, 5.74) is 0.775. The Bertz CT molecular complexity index is 228. The van der Waals surface area contributed by atoms with E-state index in [2.05, 4.69) is 44.8 Å². The minimum Gasteiger partial charge on any atom is -0.385 e. The monoisotopic (exact) mass is 259 g/mol. The van der Waals surface area contributed by atoms with Crippen molar-refractivity contribution in [1.82, 2.24) is 5.32 Å². The van der Waals surface area contributed by atoms with Crippen LogP contribution in [-0.2, 0) is 4.74 Å². The van der Waals surface area contributed by atoms with Crippen LogP contribution in [0.15, 0.2) is 0 Å². The molecule has 0 spiro atoms. The second kappa shape index (κ2) is 6.44. The molecule has 0 amide bonds. The van der Waals surface area contributed by atoms with Gasteiger partial charge in [-0.2, -0.15) is 11.8 Å². The summed E-state index contributed by atoms with van der Waals surface area (Å²) < 4.78 is 5.18. The van der Waals surface area contributed by atoms with E-state index in [1.165, 1.54) is 17.9 Å². The van der Waals surface area contributed by atoms with E-state index in [1.807, 2.05) is 0 Å². The van der Waals surface area contributed by atoms with Crippen LogP contribution >= 0.6 is 11.8 Å². The van der Waals surface area contributed by atoms with Crippen molar-refractivity contribution in [3.63, 3.8) is 0 Å². The van der Waals surface area contributed by atoms with E-state index in [9.17, 15) is 0 Å². The van der Waals surface area contributed by atoms with Crippen molar-refractivity contribution in [2.75, 3.05) is 31.8 Å². The van der Waals surface area contributed by atoms with Crippen molar-refractivity contribution in [1.29, 1.82) is 0 Å². The third-order valence-corrected chi connectivity index (χ3v) is 4.99. The summed E-state index contributed by atoms with van der Waals surface area (Å²) in [5, 5.41) is 3.78. The predicted molar refractivity (Wildman–Crippen MR) is 77.8 cm³/mol. The quantitative estimate of drug-likeness (QED) is 0.791. The molecule has 1 fully saturated rings. The van der Waals surface area contributed by atoms with Crippen LogP contribution in [0.25, 0.3) is 0 Å². The van der Waals surface area contributed by atoms with Gasteiger partial charge in [-0.3, -0.25) is 0 Å². The van der Waals surface area contributed by atoms with E-state index < -0.39 is 0 Å². The first-order valence-electron chi connectivity index (χ1n) is 6.67. The highest BCUT2D eigenvalue weighted by atomic mass is 32.2. The average molecular weight is 259 g/mol. The molecule has 0 radical (unpaired) electrons. The minimum absolute atomic E-state index is 0.328. The Morgan fingerprint density at radius 1 is 1.41 bits per heavy atom. The van der Waals surface area contributed by atoms with Crippen molar-refractivity contribution in [2.24, 2.45) is 10.8 Å². The third kappa shape index (κ3) is 5.19. The Labute approximate surface area is 111 Å². The highest BCUT2D eigenvalue weighted by Crippen LogP contribution is 2.34. The molecule has 1 N–H and O–H groups in total. The molecule has 0 aromatic heterocycles. The first kappa shape index (κ1) is 15.3. The number of ether oxygens (including phenoxy) is 1. The number of methoxy groups -OCH3 is 1. The van der Waals surface area contributed by atoms with E-state index in [-0.39, 0.29) is 0 Å². The van der Waals surface area contributed by atoms with Gasteiger partial charge in [-0.1, -0.05) is 27.7 Å². The summed E-state index contributed by atoms with van der Waals surface area (Å²) in [5.74, 6) is 2.58. The molecule has 102 valence electrons. The maximum absolute atomic E-state index is 5.18. The van der Waals surface area contributed by atoms with Crippen LogP contribution in [0.5, 0.6) is 0 Å². The van der Waals surface area contributed by atoms with E-state index in [1.54, 1.807) is 7.11 Å². The standard InChI is InChI=1S/C14H29NOS/c1-13(2,6-8-16-5)11-15-12-10-17-9-7-14(12,3)4/h12,15H,6-11H2,1-5H3. The molecule has 1 unspecified atom stereocenters. The summed E-state index contributed by atoms with van der Waals surface area (Å²) in [6, 6.07) is 0.656. The topological polar surface area (TPSA) is 21.3 Å². The Morgan fingerprint density at radius 2 is 2.12 bits per heavy atom. The fraction of sp³-hybridized carbons (Fsp3) is 1.00. The van der Waals surface area contributed by atoms with Crippen molar-refractivity contribution in [2.45, 2.75) is 46.6 Å². The highest BCUT2D eigenvalue weighted by molar-refractivity contribution is 7.99. The SMILES string of the molecule is COCCC(C)(C)CNC1CSCCC1(C)C. The number of rotatable bonds is 6. The zero-order valence-electron chi connectivity index (χ0n) is 12.1. The Balaban J connectivity index is 2.38. The number of hydrogen-bond acceptors (Lipinski definition) is 3. The van der Waals surface area contributed by atoms with Gasteiger partial charge in [0.2, 0.25) is 0 Å². The zero-order valence-corrected chi connectivity index (χ0v) is 13.0. The smallest absolute Gasteiger partial charge is 0.0467 e. The number of hydrogen-bond donors (Lipinski definition) is 1. The van der Waals surface area contributed by atoms with Gasteiger partial charge in [-0.25, -0.2) is 0 Å². The molecule has 0 aromatic rings. The fourth-order valence-corrected chi connectivity index (χ4v) is 3.78. The van der Waals surface area contributed by atoms with Crippen LogP contribution in [-0.4, -0.2) is 37.8 Å². The van der Waals surface area contributed by atoms with Gasteiger partial charge in [-0.15, -0.1) is 0 Å². The largest absolute Gasteiger partial charge is 0.385 e. The van der Waals surface area contributed by atoms with Gasteiger partial charge in [0, 0.05) is 32.1 Å². The van der Waals surface area contributed by atoms with Crippen molar-refractivity contribution < 1.29 is 4.74 Å². The van der Waals surface area contributed by atoms with Crippen LogP contribution < -0.4 is 5.32 Å². The van der Waals surface area contributed by atoms with Gasteiger partial charge < -0.3 is 10.1 Å². The molecular formula is C14H29NOS. The van der Waals surface area contributed by atoms with Crippen molar-refractivity contribution in [3.05, 3.63) is 0 Å². The first-order chi connectivity index (χ1) is 7.87. The van der Waals surface area contributed by atoms with E-state index in [4.69, 9.17) is 4.74 Å². The maximum atomic E-state index is 5.18. The minimum atomic E-state index is 0.328. The third-order valence-electron chi connectivity index (χ3n) is 3.93. The van der Waals surface area contributed by atoms with Gasteiger partial charge in [0.15, 0.2) is 0 Å². The molecule has 0 aliphatic carbocycles. The van der Waals surface area contributed by atoms with Crippen LogP contribution in [0.2, 0.25) is 0 Å². The normalized spacial score (nSPS) is 24.9. The van der Waals surface area contributed by atoms with Crippen LogP contribution in [0.3, 0.4) is 0 Å². The molecule has 0 aromatic carbocycles. The molecule has 0 bridgehead atoms. The molecular weight excluding hydrogens is 230 g/mol.